The zero-order chi connectivity index (χ0) is 11.5. The van der Waals surface area contributed by atoms with E-state index >= 15 is 0 Å². The van der Waals surface area contributed by atoms with Crippen molar-refractivity contribution in [1.82, 2.24) is 4.90 Å². The highest BCUT2D eigenvalue weighted by Gasteiger charge is 2.20. The van der Waals surface area contributed by atoms with Gasteiger partial charge in [-0.25, -0.2) is 0 Å². The van der Waals surface area contributed by atoms with Crippen LogP contribution in [0.15, 0.2) is 18.2 Å². The first-order chi connectivity index (χ1) is 7.70. The van der Waals surface area contributed by atoms with E-state index in [-0.39, 0.29) is 11.8 Å². The van der Waals surface area contributed by atoms with Crippen molar-refractivity contribution < 1.29 is 9.84 Å². The van der Waals surface area contributed by atoms with Gasteiger partial charge in [0.15, 0.2) is 11.5 Å². The molecule has 1 heterocycles. The van der Waals surface area contributed by atoms with Crippen LogP contribution in [-0.2, 0) is 6.54 Å². The molecule has 16 heavy (non-hydrogen) atoms. The molecule has 0 bridgehead atoms. The molecule has 0 aliphatic carbocycles. The number of nitrogens with zero attached hydrogens (tertiary/aromatic N) is 1. The molecule has 1 aliphatic heterocycles. The standard InChI is InChI=1S/C12H18N2O2/c1-16-11-4-2-3-9(12(11)15)7-14-6-5-10(13)8-14/h2-4,10,15H,5-8,13H2,1H3/t10-/m1/s1. The molecule has 0 spiro atoms. The lowest BCUT2D eigenvalue weighted by Gasteiger charge is -2.16. The first kappa shape index (κ1) is 11.2. The van der Waals surface area contributed by atoms with Crippen molar-refractivity contribution in [3.63, 3.8) is 0 Å². The van der Waals surface area contributed by atoms with Crippen molar-refractivity contribution in [2.45, 2.75) is 19.0 Å². The highest BCUT2D eigenvalue weighted by Crippen LogP contribution is 2.30. The van der Waals surface area contributed by atoms with Gasteiger partial charge < -0.3 is 15.6 Å². The molecular formula is C12H18N2O2. The first-order valence-electron chi connectivity index (χ1n) is 5.53. The first-order valence-corrected chi connectivity index (χ1v) is 5.53. The summed E-state index contributed by atoms with van der Waals surface area (Å²) >= 11 is 0. The van der Waals surface area contributed by atoms with E-state index in [0.29, 0.717) is 5.75 Å². The summed E-state index contributed by atoms with van der Waals surface area (Å²) in [6, 6.07) is 5.84. The molecule has 0 aromatic heterocycles. The second kappa shape index (κ2) is 4.72. The van der Waals surface area contributed by atoms with E-state index in [1.807, 2.05) is 12.1 Å². The number of nitrogens with two attached hydrogens (primary N) is 1. The number of para-hydroxylation sites is 1. The lowest BCUT2D eigenvalue weighted by molar-refractivity contribution is 0.314. The number of aromatic hydroxyl groups is 1. The molecule has 1 aromatic rings. The molecule has 1 atom stereocenters. The maximum absolute atomic E-state index is 9.93. The van der Waals surface area contributed by atoms with Crippen molar-refractivity contribution in [3.8, 4) is 11.5 Å². The number of benzene rings is 1. The fourth-order valence-corrected chi connectivity index (χ4v) is 2.11. The minimum atomic E-state index is 0.241. The Kier molecular flexibility index (Phi) is 3.31. The second-order valence-corrected chi connectivity index (χ2v) is 4.25. The Morgan fingerprint density at radius 3 is 3.00 bits per heavy atom. The van der Waals surface area contributed by atoms with Crippen molar-refractivity contribution in [2.24, 2.45) is 5.73 Å². The number of ether oxygens (including phenoxy) is 1. The molecule has 4 heteroatoms. The van der Waals surface area contributed by atoms with Crippen LogP contribution in [-0.4, -0.2) is 36.2 Å². The number of phenolic OH excluding ortho intramolecular Hbond substituents is 1. The summed E-state index contributed by atoms with van der Waals surface area (Å²) in [6.07, 6.45) is 1.03. The summed E-state index contributed by atoms with van der Waals surface area (Å²) in [5.41, 5.74) is 6.74. The summed E-state index contributed by atoms with van der Waals surface area (Å²) < 4.78 is 5.08. The Morgan fingerprint density at radius 2 is 2.38 bits per heavy atom. The van der Waals surface area contributed by atoms with Gasteiger partial charge in [-0.1, -0.05) is 12.1 Å². The van der Waals surface area contributed by atoms with Gasteiger partial charge in [-0.05, 0) is 12.5 Å². The van der Waals surface area contributed by atoms with Crippen molar-refractivity contribution >= 4 is 0 Å². The summed E-state index contributed by atoms with van der Waals surface area (Å²) in [5, 5.41) is 9.93. The molecule has 2 rings (SSSR count). The average molecular weight is 222 g/mol. The SMILES string of the molecule is COc1cccc(CN2CC[C@@H](N)C2)c1O. The van der Waals surface area contributed by atoms with Crippen LogP contribution in [0.5, 0.6) is 11.5 Å². The van der Waals surface area contributed by atoms with E-state index < -0.39 is 0 Å². The van der Waals surface area contributed by atoms with Gasteiger partial charge in [0.25, 0.3) is 0 Å². The minimum absolute atomic E-state index is 0.241. The normalized spacial score (nSPS) is 21.2. The number of methoxy groups -OCH3 is 1. The molecule has 1 saturated heterocycles. The molecule has 0 saturated carbocycles. The number of hydrogen-bond donors (Lipinski definition) is 2. The minimum Gasteiger partial charge on any atom is -0.504 e. The molecule has 88 valence electrons. The Hall–Kier alpha value is -1.26. The third-order valence-corrected chi connectivity index (χ3v) is 3.01. The van der Waals surface area contributed by atoms with Gasteiger partial charge in [-0.3, -0.25) is 4.90 Å². The van der Waals surface area contributed by atoms with Gasteiger partial charge in [0, 0.05) is 31.2 Å². The van der Waals surface area contributed by atoms with E-state index in [1.165, 1.54) is 0 Å². The Morgan fingerprint density at radius 1 is 1.56 bits per heavy atom. The molecule has 1 aliphatic rings. The van der Waals surface area contributed by atoms with Crippen LogP contribution in [0.1, 0.15) is 12.0 Å². The molecule has 0 radical (unpaired) electrons. The summed E-state index contributed by atoms with van der Waals surface area (Å²) in [7, 11) is 1.56. The van der Waals surface area contributed by atoms with Gasteiger partial charge in [0.05, 0.1) is 7.11 Å². The topological polar surface area (TPSA) is 58.7 Å². The van der Waals surface area contributed by atoms with Crippen LogP contribution in [0.25, 0.3) is 0 Å². The lowest BCUT2D eigenvalue weighted by atomic mass is 10.1. The number of hydrogen-bond acceptors (Lipinski definition) is 4. The molecule has 4 nitrogen and oxygen atoms in total. The van der Waals surface area contributed by atoms with E-state index in [1.54, 1.807) is 13.2 Å². The van der Waals surface area contributed by atoms with E-state index in [4.69, 9.17) is 10.5 Å². The van der Waals surface area contributed by atoms with E-state index in [9.17, 15) is 5.11 Å². The van der Waals surface area contributed by atoms with Crippen LogP contribution in [0, 0.1) is 0 Å². The zero-order valence-electron chi connectivity index (χ0n) is 9.52. The predicted molar refractivity (Wildman–Crippen MR) is 62.5 cm³/mol. The number of likely N-dealkylation sites (tertiary alicyclic amines) is 1. The number of phenols is 1. The van der Waals surface area contributed by atoms with Crippen molar-refractivity contribution in [2.75, 3.05) is 20.2 Å². The highest BCUT2D eigenvalue weighted by molar-refractivity contribution is 5.45. The van der Waals surface area contributed by atoms with E-state index in [2.05, 4.69) is 4.90 Å². The third kappa shape index (κ3) is 2.28. The second-order valence-electron chi connectivity index (χ2n) is 4.25. The largest absolute Gasteiger partial charge is 0.504 e. The summed E-state index contributed by atoms with van der Waals surface area (Å²) in [5.74, 6) is 0.770. The number of rotatable bonds is 3. The third-order valence-electron chi connectivity index (χ3n) is 3.01. The van der Waals surface area contributed by atoms with Crippen LogP contribution in [0.3, 0.4) is 0 Å². The van der Waals surface area contributed by atoms with Gasteiger partial charge in [-0.2, -0.15) is 0 Å². The van der Waals surface area contributed by atoms with E-state index in [0.717, 1.165) is 31.6 Å². The molecule has 0 amide bonds. The van der Waals surface area contributed by atoms with Gasteiger partial charge in [0.1, 0.15) is 0 Å². The molecule has 3 N–H and O–H groups in total. The van der Waals surface area contributed by atoms with Gasteiger partial charge >= 0.3 is 0 Å². The molecule has 1 fully saturated rings. The molecular weight excluding hydrogens is 204 g/mol. The van der Waals surface area contributed by atoms with Gasteiger partial charge in [-0.15, -0.1) is 0 Å². The van der Waals surface area contributed by atoms with Gasteiger partial charge in [0.2, 0.25) is 0 Å². The average Bonchev–Trinajstić information content (AvgIpc) is 2.67. The summed E-state index contributed by atoms with van der Waals surface area (Å²) in [4.78, 5) is 2.25. The van der Waals surface area contributed by atoms with Crippen molar-refractivity contribution in [1.29, 1.82) is 0 Å². The van der Waals surface area contributed by atoms with Crippen LogP contribution < -0.4 is 10.5 Å². The van der Waals surface area contributed by atoms with Crippen LogP contribution >= 0.6 is 0 Å². The Labute approximate surface area is 95.6 Å². The Balaban J connectivity index is 2.09. The molecule has 1 aromatic carbocycles. The fraction of sp³-hybridized carbons (Fsp3) is 0.500. The lowest BCUT2D eigenvalue weighted by Crippen LogP contribution is -2.26. The molecule has 0 unspecified atom stereocenters. The maximum Gasteiger partial charge on any atom is 0.162 e. The highest BCUT2D eigenvalue weighted by atomic mass is 16.5. The monoisotopic (exact) mass is 222 g/mol. The summed E-state index contributed by atoms with van der Waals surface area (Å²) in [6.45, 7) is 2.63. The quantitative estimate of drug-likeness (QED) is 0.799. The smallest absolute Gasteiger partial charge is 0.162 e. The van der Waals surface area contributed by atoms with Crippen LogP contribution in [0.4, 0.5) is 0 Å². The van der Waals surface area contributed by atoms with Crippen molar-refractivity contribution in [3.05, 3.63) is 23.8 Å². The zero-order valence-corrected chi connectivity index (χ0v) is 9.52. The maximum atomic E-state index is 9.93. The van der Waals surface area contributed by atoms with Crippen LogP contribution in [0.2, 0.25) is 0 Å². The predicted octanol–water partition coefficient (Wildman–Crippen LogP) is 0.934. The Bertz CT molecular complexity index is 368. The fourth-order valence-electron chi connectivity index (χ4n) is 2.11.